The van der Waals surface area contributed by atoms with Crippen molar-refractivity contribution in [1.82, 2.24) is 29.9 Å². The zero-order valence-corrected chi connectivity index (χ0v) is 42.2. The highest BCUT2D eigenvalue weighted by Gasteiger charge is 2.17. The largest absolute Gasteiger partial charge is 0.241 e. The molecule has 6 heterocycles. The van der Waals surface area contributed by atoms with Crippen molar-refractivity contribution in [3.63, 3.8) is 0 Å². The van der Waals surface area contributed by atoms with Crippen molar-refractivity contribution in [1.29, 1.82) is 0 Å². The first-order valence-corrected chi connectivity index (χ1v) is 23.9. The smallest absolute Gasteiger partial charge is 0.213 e. The van der Waals surface area contributed by atoms with E-state index in [1.54, 1.807) is 0 Å². The predicted octanol–water partition coefficient (Wildman–Crippen LogP) is 11.7. The van der Waals surface area contributed by atoms with Crippen LogP contribution in [0.3, 0.4) is 0 Å². The van der Waals surface area contributed by atoms with Gasteiger partial charge in [0, 0.05) is 126 Å². The van der Waals surface area contributed by atoms with Crippen LogP contribution in [0.2, 0.25) is 0 Å². The van der Waals surface area contributed by atoms with Crippen LogP contribution in [0.5, 0.6) is 0 Å². The first-order valence-electron chi connectivity index (χ1n) is 23.9. The topological polar surface area (TPSA) is 89.0 Å². The normalized spacial score (nSPS) is 10.9. The molecule has 0 aliphatic heterocycles. The summed E-state index contributed by atoms with van der Waals surface area (Å²) in [5.41, 5.74) is 17.7. The highest BCUT2D eigenvalue weighted by atomic mass is 14.9. The molecule has 0 spiro atoms. The predicted molar refractivity (Wildman–Crippen MR) is 278 cm³/mol. The molecule has 9 heteroatoms. The number of nitrogens with zero attached hydrogens (tertiary/aromatic N) is 9. The van der Waals surface area contributed by atoms with Gasteiger partial charge in [-0.05, 0) is 78.3 Å². The lowest BCUT2D eigenvalue weighted by atomic mass is 10.0. The van der Waals surface area contributed by atoms with Crippen molar-refractivity contribution < 1.29 is 13.7 Å². The Morgan fingerprint density at radius 2 is 0.725 bits per heavy atom. The van der Waals surface area contributed by atoms with Crippen molar-refractivity contribution in [2.75, 3.05) is 0 Å². The lowest BCUT2D eigenvalue weighted by Gasteiger charge is -2.08. The molecule has 9 rings (SSSR count). The summed E-state index contributed by atoms with van der Waals surface area (Å²) in [6, 6.07) is 38.3. The molecule has 0 aliphatic rings. The molecule has 69 heavy (non-hydrogen) atoms. The van der Waals surface area contributed by atoms with E-state index in [0.717, 1.165) is 63.7 Å². The molecule has 0 saturated heterocycles. The number of pyridine rings is 3. The molecule has 0 N–H and O–H groups in total. The maximum atomic E-state index is 4.52. The van der Waals surface area contributed by atoms with Crippen LogP contribution < -0.4 is 13.7 Å². The number of hydrogen-bond acceptors (Lipinski definition) is 6. The van der Waals surface area contributed by atoms with Crippen molar-refractivity contribution >= 4 is 0 Å². The fraction of sp³-hybridized carbons (Fsp3) is 0.250. The van der Waals surface area contributed by atoms with Crippen LogP contribution in [0.4, 0.5) is 0 Å². The van der Waals surface area contributed by atoms with Gasteiger partial charge >= 0.3 is 0 Å². The Bertz CT molecular complexity index is 3120. The van der Waals surface area contributed by atoms with Gasteiger partial charge in [-0.25, -0.2) is 43.6 Å². The third kappa shape index (κ3) is 12.5. The van der Waals surface area contributed by atoms with E-state index in [4.69, 9.17) is 0 Å². The second-order valence-electron chi connectivity index (χ2n) is 18.4. The maximum absolute atomic E-state index is 4.52. The highest BCUT2D eigenvalue weighted by Crippen LogP contribution is 2.28. The molecular weight excluding hydrogens is 847 g/mol. The molecule has 0 bridgehead atoms. The van der Waals surface area contributed by atoms with Gasteiger partial charge in [0.2, 0.25) is 17.1 Å². The number of aromatic nitrogens is 9. The third-order valence-electron chi connectivity index (χ3n) is 12.2. The zero-order valence-electron chi connectivity index (χ0n) is 42.2. The van der Waals surface area contributed by atoms with Crippen LogP contribution in [-0.2, 0) is 34.0 Å². The molecule has 0 fully saturated rings. The molecule has 6 aromatic heterocycles. The molecule has 0 amide bonds. The molecule has 9 nitrogen and oxygen atoms in total. The van der Waals surface area contributed by atoms with E-state index in [9.17, 15) is 0 Å². The number of hydrogen-bond donors (Lipinski definition) is 0. The average Bonchev–Trinajstić information content (AvgIpc) is 3.36. The van der Waals surface area contributed by atoms with Crippen molar-refractivity contribution in [3.05, 3.63) is 199 Å². The molecule has 0 unspecified atom stereocenters. The van der Waals surface area contributed by atoms with Crippen LogP contribution in [0.1, 0.15) is 74.7 Å². The summed E-state index contributed by atoms with van der Waals surface area (Å²) >= 11 is 0. The molecular formula is C60H66N9+3. The Morgan fingerprint density at radius 3 is 1.03 bits per heavy atom. The molecule has 9 aromatic rings. The van der Waals surface area contributed by atoms with Crippen LogP contribution in [0.25, 0.3) is 67.2 Å². The van der Waals surface area contributed by atoms with E-state index in [2.05, 4.69) is 248 Å². The van der Waals surface area contributed by atoms with Gasteiger partial charge in [-0.2, -0.15) is 0 Å². The Kier molecular flexibility index (Phi) is 16.3. The van der Waals surface area contributed by atoms with Gasteiger partial charge in [-0.3, -0.25) is 0 Å². The second-order valence-corrected chi connectivity index (χ2v) is 18.4. The fourth-order valence-electron chi connectivity index (χ4n) is 8.08. The van der Waals surface area contributed by atoms with E-state index >= 15 is 0 Å². The Labute approximate surface area is 409 Å². The lowest BCUT2D eigenvalue weighted by Crippen LogP contribution is -2.30. The number of rotatable bonds is 10. The number of aryl methyl sites for hydroxylation is 7. The minimum absolute atomic E-state index is 0.347. The van der Waals surface area contributed by atoms with Crippen molar-refractivity contribution in [2.45, 2.75) is 74.1 Å². The first kappa shape index (κ1) is 49.3. The standard InChI is InChI=1S/C21H24N3.C20H22N3.C19H20N3/c1-15(2)11-21-22-13-18(14-23-21)17-9-10-24(4)20(12-17)19-8-6-5-7-16(19)3;1-14(2)20-21-12-17(13-22-20)16-9-10-23(4)19(11-16)18-8-6-5-7-15(18)3;1-4-19-20-12-16(13-21-19)15-9-10-22(3)18(11-15)17-8-6-5-7-14(17)2/h5-10,12-15H,11H2,1-4H3;5-14H,1-4H3;5-13H,4H2,1-3H3/q3*+1. The monoisotopic (exact) mass is 913 g/mol. The van der Waals surface area contributed by atoms with Gasteiger partial charge in [-0.15, -0.1) is 0 Å². The van der Waals surface area contributed by atoms with E-state index in [0.29, 0.717) is 11.8 Å². The third-order valence-corrected chi connectivity index (χ3v) is 12.2. The summed E-state index contributed by atoms with van der Waals surface area (Å²) in [6.45, 7) is 17.1. The maximum Gasteiger partial charge on any atom is 0.213 e. The number of benzene rings is 3. The van der Waals surface area contributed by atoms with E-state index in [-0.39, 0.29) is 0 Å². The second kappa shape index (κ2) is 22.9. The Hall–Kier alpha value is -7.65. The van der Waals surface area contributed by atoms with Crippen LogP contribution >= 0.6 is 0 Å². The molecule has 0 radical (unpaired) electrons. The summed E-state index contributed by atoms with van der Waals surface area (Å²) in [6.07, 6.45) is 19.6. The minimum atomic E-state index is 0.347. The summed E-state index contributed by atoms with van der Waals surface area (Å²) < 4.78 is 6.45. The van der Waals surface area contributed by atoms with Gasteiger partial charge in [0.05, 0.1) is 0 Å². The molecule has 0 atom stereocenters. The van der Waals surface area contributed by atoms with Crippen molar-refractivity contribution in [3.8, 4) is 67.2 Å². The van der Waals surface area contributed by atoms with Crippen LogP contribution in [-0.4, -0.2) is 29.9 Å². The lowest BCUT2D eigenvalue weighted by molar-refractivity contribution is -0.660. The summed E-state index contributed by atoms with van der Waals surface area (Å²) in [5, 5.41) is 0. The van der Waals surface area contributed by atoms with E-state index < -0.39 is 0 Å². The first-order chi connectivity index (χ1) is 33.3. The fourth-order valence-corrected chi connectivity index (χ4v) is 8.08. The molecule has 348 valence electrons. The van der Waals surface area contributed by atoms with Gasteiger partial charge in [-0.1, -0.05) is 89.2 Å². The molecule has 0 aliphatic carbocycles. The molecule has 0 saturated carbocycles. The van der Waals surface area contributed by atoms with E-state index in [1.165, 1.54) is 50.5 Å². The summed E-state index contributed by atoms with van der Waals surface area (Å²) in [5.74, 6) is 3.59. The van der Waals surface area contributed by atoms with Gasteiger partial charge in [0.25, 0.3) is 0 Å². The minimum Gasteiger partial charge on any atom is -0.241 e. The summed E-state index contributed by atoms with van der Waals surface area (Å²) in [4.78, 5) is 26.8. The van der Waals surface area contributed by atoms with Gasteiger partial charge in [0.1, 0.15) is 38.6 Å². The molecule has 3 aromatic carbocycles. The van der Waals surface area contributed by atoms with Gasteiger partial charge < -0.3 is 0 Å². The van der Waals surface area contributed by atoms with E-state index in [1.807, 2.05) is 37.2 Å². The highest BCUT2D eigenvalue weighted by molar-refractivity contribution is 5.71. The van der Waals surface area contributed by atoms with Gasteiger partial charge in [0.15, 0.2) is 18.6 Å². The Balaban J connectivity index is 0.000000153. The Morgan fingerprint density at radius 1 is 0.406 bits per heavy atom. The van der Waals surface area contributed by atoms with Crippen LogP contribution in [0, 0.1) is 26.7 Å². The van der Waals surface area contributed by atoms with Crippen molar-refractivity contribution in [2.24, 2.45) is 27.1 Å². The summed E-state index contributed by atoms with van der Waals surface area (Å²) in [7, 11) is 6.22. The SMILES string of the molecule is CCc1ncc(-c2cc[n+](C)c(-c3ccccc3C)c2)cn1.Cc1ccccc1-c1cc(-c2cnc(C(C)C)nc2)cc[n+]1C.Cc1ccccc1-c1cc(-c2cnc(CC(C)C)nc2)cc[n+]1C. The van der Waals surface area contributed by atoms with Crippen LogP contribution in [0.15, 0.2) is 165 Å². The zero-order chi connectivity index (χ0) is 49.0. The quantitative estimate of drug-likeness (QED) is 0.127. The average molecular weight is 913 g/mol.